The van der Waals surface area contributed by atoms with Crippen LogP contribution in [0.2, 0.25) is 0 Å². The molecule has 2 N–H and O–H groups in total. The Morgan fingerprint density at radius 3 is 2.63 bits per heavy atom. The second-order valence-corrected chi connectivity index (χ2v) is 7.13. The van der Waals surface area contributed by atoms with E-state index in [2.05, 4.69) is 4.72 Å². The highest BCUT2D eigenvalue weighted by Gasteiger charge is 2.19. The van der Waals surface area contributed by atoms with E-state index >= 15 is 0 Å². The molecule has 0 saturated heterocycles. The molecule has 5 nitrogen and oxygen atoms in total. The largest absolute Gasteiger partial charge is 0.478 e. The number of benzene rings is 1. The van der Waals surface area contributed by atoms with Crippen molar-refractivity contribution in [1.82, 2.24) is 4.72 Å². The molecule has 0 saturated carbocycles. The van der Waals surface area contributed by atoms with Crippen LogP contribution in [-0.2, 0) is 10.0 Å². The van der Waals surface area contributed by atoms with E-state index in [1.54, 1.807) is 6.92 Å². The molecular weight excluding hydrogens is 381 g/mol. The fraction of sp³-hybridized carbons (Fsp3) is 0.417. The number of aromatic carboxylic acids is 1. The van der Waals surface area contributed by atoms with Crippen LogP contribution >= 0.6 is 22.6 Å². The smallest absolute Gasteiger partial charge is 0.336 e. The summed E-state index contributed by atoms with van der Waals surface area (Å²) in [6, 6.07) is 3.91. The highest BCUT2D eigenvalue weighted by atomic mass is 127. The molecule has 0 radical (unpaired) electrons. The molecule has 1 atom stereocenters. The predicted molar refractivity (Wildman–Crippen MR) is 80.8 cm³/mol. The van der Waals surface area contributed by atoms with Crippen LogP contribution in [0, 0.1) is 3.57 Å². The number of halogens is 1. The minimum Gasteiger partial charge on any atom is -0.478 e. The van der Waals surface area contributed by atoms with Crippen LogP contribution in [0.4, 0.5) is 0 Å². The minimum atomic E-state index is -3.67. The van der Waals surface area contributed by atoms with Gasteiger partial charge in [0.1, 0.15) is 0 Å². The number of hydrogen-bond acceptors (Lipinski definition) is 3. The number of nitrogens with one attached hydrogen (secondary N) is 1. The first kappa shape index (κ1) is 16.4. The molecular formula is C12H16INO4S. The van der Waals surface area contributed by atoms with Gasteiger partial charge in [-0.1, -0.05) is 13.3 Å². The van der Waals surface area contributed by atoms with Gasteiger partial charge in [0.15, 0.2) is 0 Å². The number of carboxylic acids is 1. The SMILES string of the molecule is CCCC(C)NS(=O)(=O)c1ccc(I)c(C(=O)O)c1. The summed E-state index contributed by atoms with van der Waals surface area (Å²) < 4.78 is 27.2. The van der Waals surface area contributed by atoms with E-state index in [4.69, 9.17) is 5.11 Å². The van der Waals surface area contributed by atoms with Gasteiger partial charge in [-0.05, 0) is 54.1 Å². The van der Waals surface area contributed by atoms with Crippen molar-refractivity contribution in [1.29, 1.82) is 0 Å². The third kappa shape index (κ3) is 4.43. The fourth-order valence-corrected chi connectivity index (χ4v) is 3.53. The summed E-state index contributed by atoms with van der Waals surface area (Å²) in [6.07, 6.45) is 1.60. The van der Waals surface area contributed by atoms with Gasteiger partial charge < -0.3 is 5.11 Å². The lowest BCUT2D eigenvalue weighted by atomic mass is 10.2. The molecule has 0 aromatic heterocycles. The molecule has 19 heavy (non-hydrogen) atoms. The molecule has 1 rings (SSSR count). The summed E-state index contributed by atoms with van der Waals surface area (Å²) in [5, 5.41) is 9.00. The van der Waals surface area contributed by atoms with Gasteiger partial charge in [-0.25, -0.2) is 17.9 Å². The summed E-state index contributed by atoms with van der Waals surface area (Å²) >= 11 is 1.86. The molecule has 0 aliphatic carbocycles. The van der Waals surface area contributed by atoms with E-state index in [1.807, 2.05) is 29.5 Å². The Labute approximate surface area is 126 Å². The van der Waals surface area contributed by atoms with Gasteiger partial charge in [-0.3, -0.25) is 0 Å². The van der Waals surface area contributed by atoms with Crippen LogP contribution in [-0.4, -0.2) is 25.5 Å². The minimum absolute atomic E-state index is 0.00776. The van der Waals surface area contributed by atoms with Gasteiger partial charge in [0, 0.05) is 9.61 Å². The first-order valence-corrected chi connectivity index (χ1v) is 8.39. The van der Waals surface area contributed by atoms with Crippen molar-refractivity contribution in [3.05, 3.63) is 27.3 Å². The molecule has 0 amide bonds. The zero-order valence-electron chi connectivity index (χ0n) is 10.7. The molecule has 1 aromatic rings. The number of sulfonamides is 1. The topological polar surface area (TPSA) is 83.5 Å². The first-order chi connectivity index (χ1) is 8.77. The molecule has 0 spiro atoms. The van der Waals surface area contributed by atoms with Crippen LogP contribution in [0.25, 0.3) is 0 Å². The van der Waals surface area contributed by atoms with Crippen molar-refractivity contribution in [3.8, 4) is 0 Å². The number of carboxylic acid groups (broad SMARTS) is 1. The van der Waals surface area contributed by atoms with Gasteiger partial charge in [0.25, 0.3) is 0 Å². The second-order valence-electron chi connectivity index (χ2n) is 4.26. The summed E-state index contributed by atoms with van der Waals surface area (Å²) in [7, 11) is -3.67. The molecule has 0 aliphatic rings. The van der Waals surface area contributed by atoms with Crippen LogP contribution < -0.4 is 4.72 Å². The molecule has 7 heteroatoms. The van der Waals surface area contributed by atoms with Gasteiger partial charge in [0.05, 0.1) is 10.5 Å². The third-order valence-electron chi connectivity index (χ3n) is 2.56. The van der Waals surface area contributed by atoms with E-state index in [0.717, 1.165) is 12.8 Å². The van der Waals surface area contributed by atoms with Crippen molar-refractivity contribution in [2.75, 3.05) is 0 Å². The summed E-state index contributed by atoms with van der Waals surface area (Å²) in [5.41, 5.74) is -0.00776. The van der Waals surface area contributed by atoms with Gasteiger partial charge >= 0.3 is 5.97 Å². The maximum absolute atomic E-state index is 12.1. The lowest BCUT2D eigenvalue weighted by molar-refractivity contribution is 0.0695. The van der Waals surface area contributed by atoms with Crippen molar-refractivity contribution >= 4 is 38.6 Å². The van der Waals surface area contributed by atoms with E-state index in [0.29, 0.717) is 3.57 Å². The van der Waals surface area contributed by atoms with Crippen molar-refractivity contribution in [2.24, 2.45) is 0 Å². The second kappa shape index (κ2) is 6.67. The lowest BCUT2D eigenvalue weighted by Crippen LogP contribution is -2.32. The highest BCUT2D eigenvalue weighted by molar-refractivity contribution is 14.1. The van der Waals surface area contributed by atoms with Gasteiger partial charge in [0.2, 0.25) is 10.0 Å². The van der Waals surface area contributed by atoms with Crippen molar-refractivity contribution in [3.63, 3.8) is 0 Å². The number of carbonyl (C=O) groups is 1. The lowest BCUT2D eigenvalue weighted by Gasteiger charge is -2.13. The van der Waals surface area contributed by atoms with E-state index in [-0.39, 0.29) is 16.5 Å². The first-order valence-electron chi connectivity index (χ1n) is 5.83. The quantitative estimate of drug-likeness (QED) is 0.723. The third-order valence-corrected chi connectivity index (χ3v) is 5.08. The van der Waals surface area contributed by atoms with E-state index in [1.165, 1.54) is 18.2 Å². The van der Waals surface area contributed by atoms with Crippen molar-refractivity contribution in [2.45, 2.75) is 37.6 Å². The standard InChI is InChI=1S/C12H16INO4S/c1-3-4-8(2)14-19(17,18)9-5-6-11(13)10(7-9)12(15)16/h5-8,14H,3-4H2,1-2H3,(H,15,16). The molecule has 0 aliphatic heterocycles. The molecule has 0 bridgehead atoms. The van der Waals surface area contributed by atoms with Crippen molar-refractivity contribution < 1.29 is 18.3 Å². The average molecular weight is 397 g/mol. The predicted octanol–water partition coefficient (Wildman–Crippen LogP) is 2.46. The average Bonchev–Trinajstić information content (AvgIpc) is 2.28. The zero-order valence-corrected chi connectivity index (χ0v) is 13.7. The maximum atomic E-state index is 12.1. The Bertz CT molecular complexity index is 571. The Hall–Kier alpha value is -0.670. The molecule has 1 aromatic carbocycles. The van der Waals surface area contributed by atoms with Gasteiger partial charge in [-0.15, -0.1) is 0 Å². The van der Waals surface area contributed by atoms with Crippen LogP contribution in [0.1, 0.15) is 37.0 Å². The molecule has 1 unspecified atom stereocenters. The zero-order chi connectivity index (χ0) is 14.6. The Kier molecular flexibility index (Phi) is 5.75. The van der Waals surface area contributed by atoms with Crippen LogP contribution in [0.15, 0.2) is 23.1 Å². The van der Waals surface area contributed by atoms with Crippen LogP contribution in [0.5, 0.6) is 0 Å². The monoisotopic (exact) mass is 397 g/mol. The number of rotatable bonds is 6. The summed E-state index contributed by atoms with van der Waals surface area (Å²) in [5.74, 6) is -1.14. The number of hydrogen-bond donors (Lipinski definition) is 2. The Balaban J connectivity index is 3.08. The molecule has 0 heterocycles. The summed E-state index contributed by atoms with van der Waals surface area (Å²) in [4.78, 5) is 11.0. The van der Waals surface area contributed by atoms with Crippen LogP contribution in [0.3, 0.4) is 0 Å². The molecule has 106 valence electrons. The normalized spacial score (nSPS) is 13.2. The van der Waals surface area contributed by atoms with E-state index < -0.39 is 16.0 Å². The summed E-state index contributed by atoms with van der Waals surface area (Å²) in [6.45, 7) is 3.75. The van der Waals surface area contributed by atoms with E-state index in [9.17, 15) is 13.2 Å². The maximum Gasteiger partial charge on any atom is 0.336 e. The molecule has 0 fully saturated rings. The van der Waals surface area contributed by atoms with Gasteiger partial charge in [-0.2, -0.15) is 0 Å². The fourth-order valence-electron chi connectivity index (χ4n) is 1.66. The highest BCUT2D eigenvalue weighted by Crippen LogP contribution is 2.18. The Morgan fingerprint density at radius 2 is 2.11 bits per heavy atom. The Morgan fingerprint density at radius 1 is 1.47 bits per heavy atom.